The molecule has 4 aromatic carbocycles. The van der Waals surface area contributed by atoms with E-state index < -0.39 is 16.8 Å². The minimum absolute atomic E-state index is 0.122. The number of ether oxygens (including phenoxy) is 2. The van der Waals surface area contributed by atoms with Crippen molar-refractivity contribution in [3.05, 3.63) is 124 Å². The number of benzene rings is 4. The van der Waals surface area contributed by atoms with E-state index in [9.17, 15) is 19.7 Å². The molecule has 0 bridgehead atoms. The molecule has 0 atom stereocenters. The molecule has 4 aromatic rings. The predicted octanol–water partition coefficient (Wildman–Crippen LogP) is 5.01. The summed E-state index contributed by atoms with van der Waals surface area (Å²) in [7, 11) is 0. The van der Waals surface area contributed by atoms with E-state index >= 15 is 0 Å². The molecule has 184 valence electrons. The number of nitrogens with one attached hydrogen (secondary N) is 1. The Morgan fingerprint density at radius 3 is 2.24 bits per heavy atom. The number of non-ortho nitro benzene ring substituents is 1. The third-order valence-corrected chi connectivity index (χ3v) is 5.12. The minimum atomic E-state index is -0.661. The molecule has 0 saturated carbocycles. The van der Waals surface area contributed by atoms with E-state index in [2.05, 4.69) is 10.5 Å². The SMILES string of the molecule is O=C(COc1ccc(-c2ccccc2)cc1)N/N=C\c1cccc(OC(=O)c2ccc([N+](=O)[O-])cc2)c1. The highest BCUT2D eigenvalue weighted by atomic mass is 16.6. The van der Waals surface area contributed by atoms with Crippen LogP contribution in [0.2, 0.25) is 0 Å². The first-order valence-electron chi connectivity index (χ1n) is 11.1. The van der Waals surface area contributed by atoms with Gasteiger partial charge in [0.15, 0.2) is 6.61 Å². The molecular weight excluding hydrogens is 474 g/mol. The van der Waals surface area contributed by atoms with Gasteiger partial charge in [0, 0.05) is 12.1 Å². The molecule has 1 amide bonds. The molecule has 9 nitrogen and oxygen atoms in total. The standard InChI is InChI=1S/C28H21N3O6/c32-27(19-36-25-15-11-22(12-16-25)21-6-2-1-3-7-21)30-29-18-20-5-4-8-26(17-20)37-28(33)23-9-13-24(14-10-23)31(34)35/h1-18H,19H2,(H,30,32)/b29-18-. The molecule has 0 heterocycles. The monoisotopic (exact) mass is 495 g/mol. The van der Waals surface area contributed by atoms with Gasteiger partial charge in [-0.15, -0.1) is 0 Å². The Morgan fingerprint density at radius 1 is 0.838 bits per heavy atom. The number of nitro benzene ring substituents is 1. The van der Waals surface area contributed by atoms with E-state index in [4.69, 9.17) is 9.47 Å². The average molecular weight is 495 g/mol. The van der Waals surface area contributed by atoms with Gasteiger partial charge in [-0.05, 0) is 53.1 Å². The van der Waals surface area contributed by atoms with E-state index in [-0.39, 0.29) is 23.6 Å². The highest BCUT2D eigenvalue weighted by Crippen LogP contribution is 2.22. The molecule has 0 aromatic heterocycles. The second kappa shape index (κ2) is 11.9. The number of hydrogen-bond donors (Lipinski definition) is 1. The lowest BCUT2D eigenvalue weighted by atomic mass is 10.1. The van der Waals surface area contributed by atoms with Gasteiger partial charge in [0.2, 0.25) is 0 Å². The number of amides is 1. The molecule has 0 saturated heterocycles. The number of nitrogens with zero attached hydrogens (tertiary/aromatic N) is 2. The van der Waals surface area contributed by atoms with Crippen LogP contribution in [0, 0.1) is 10.1 Å². The first kappa shape index (κ1) is 24.8. The molecule has 0 aliphatic heterocycles. The normalized spacial score (nSPS) is 10.6. The van der Waals surface area contributed by atoms with E-state index in [1.807, 2.05) is 42.5 Å². The van der Waals surface area contributed by atoms with E-state index in [1.54, 1.807) is 36.4 Å². The molecule has 0 unspecified atom stereocenters. The molecule has 37 heavy (non-hydrogen) atoms. The van der Waals surface area contributed by atoms with Crippen molar-refractivity contribution < 1.29 is 24.0 Å². The Balaban J connectivity index is 1.26. The average Bonchev–Trinajstić information content (AvgIpc) is 2.93. The summed E-state index contributed by atoms with van der Waals surface area (Å²) >= 11 is 0. The minimum Gasteiger partial charge on any atom is -0.484 e. The van der Waals surface area contributed by atoms with Crippen molar-refractivity contribution in [3.63, 3.8) is 0 Å². The van der Waals surface area contributed by atoms with Crippen molar-refractivity contribution in [1.29, 1.82) is 0 Å². The Labute approximate surface area is 212 Å². The summed E-state index contributed by atoms with van der Waals surface area (Å²) in [6.45, 7) is -0.213. The summed E-state index contributed by atoms with van der Waals surface area (Å²) in [6.07, 6.45) is 1.40. The number of carbonyl (C=O) groups excluding carboxylic acids is 2. The summed E-state index contributed by atoms with van der Waals surface area (Å²) in [4.78, 5) is 34.6. The predicted molar refractivity (Wildman–Crippen MR) is 138 cm³/mol. The van der Waals surface area contributed by atoms with Crippen LogP contribution in [-0.2, 0) is 4.79 Å². The quantitative estimate of drug-likeness (QED) is 0.115. The van der Waals surface area contributed by atoms with Crippen molar-refractivity contribution >= 4 is 23.8 Å². The van der Waals surface area contributed by atoms with Gasteiger partial charge in [-0.25, -0.2) is 10.2 Å². The maximum Gasteiger partial charge on any atom is 0.343 e. The topological polar surface area (TPSA) is 120 Å². The maximum atomic E-state index is 12.3. The Kier molecular flexibility index (Phi) is 7.97. The number of rotatable bonds is 9. The van der Waals surface area contributed by atoms with Gasteiger partial charge in [0.1, 0.15) is 11.5 Å². The highest BCUT2D eigenvalue weighted by molar-refractivity contribution is 5.91. The summed E-state index contributed by atoms with van der Waals surface area (Å²) in [5.74, 6) is -0.294. The van der Waals surface area contributed by atoms with Gasteiger partial charge in [-0.2, -0.15) is 5.10 Å². The summed E-state index contributed by atoms with van der Waals surface area (Å²) < 4.78 is 10.8. The molecule has 1 N–H and O–H groups in total. The third kappa shape index (κ3) is 7.09. The van der Waals surface area contributed by atoms with Gasteiger partial charge in [0.05, 0.1) is 16.7 Å². The number of hydrazone groups is 1. The van der Waals surface area contributed by atoms with Crippen molar-refractivity contribution in [2.24, 2.45) is 5.10 Å². The van der Waals surface area contributed by atoms with Crippen LogP contribution in [0.5, 0.6) is 11.5 Å². The molecule has 0 spiro atoms. The van der Waals surface area contributed by atoms with Gasteiger partial charge >= 0.3 is 5.97 Å². The van der Waals surface area contributed by atoms with Crippen LogP contribution in [0.3, 0.4) is 0 Å². The van der Waals surface area contributed by atoms with Gasteiger partial charge in [-0.3, -0.25) is 14.9 Å². The Bertz CT molecular complexity index is 1420. The van der Waals surface area contributed by atoms with Crippen molar-refractivity contribution in [2.75, 3.05) is 6.61 Å². The zero-order valence-corrected chi connectivity index (χ0v) is 19.4. The zero-order valence-electron chi connectivity index (χ0n) is 19.4. The Hall–Kier alpha value is -5.31. The largest absolute Gasteiger partial charge is 0.484 e. The van der Waals surface area contributed by atoms with Crippen molar-refractivity contribution in [1.82, 2.24) is 5.43 Å². The lowest BCUT2D eigenvalue weighted by Gasteiger charge is -2.07. The number of carbonyl (C=O) groups is 2. The smallest absolute Gasteiger partial charge is 0.343 e. The molecule has 0 radical (unpaired) electrons. The molecule has 9 heteroatoms. The van der Waals surface area contributed by atoms with Crippen LogP contribution in [0.25, 0.3) is 11.1 Å². The maximum absolute atomic E-state index is 12.3. The van der Waals surface area contributed by atoms with Gasteiger partial charge in [0.25, 0.3) is 11.6 Å². The first-order chi connectivity index (χ1) is 18.0. The van der Waals surface area contributed by atoms with Crippen molar-refractivity contribution in [2.45, 2.75) is 0 Å². The Morgan fingerprint density at radius 2 is 1.54 bits per heavy atom. The fraction of sp³-hybridized carbons (Fsp3) is 0.0357. The number of esters is 1. The van der Waals surface area contributed by atoms with Gasteiger partial charge < -0.3 is 9.47 Å². The third-order valence-electron chi connectivity index (χ3n) is 5.12. The lowest BCUT2D eigenvalue weighted by molar-refractivity contribution is -0.384. The molecule has 0 aliphatic carbocycles. The first-order valence-corrected chi connectivity index (χ1v) is 11.1. The fourth-order valence-corrected chi connectivity index (χ4v) is 3.28. The molecule has 0 fully saturated rings. The second-order valence-corrected chi connectivity index (χ2v) is 7.74. The van der Waals surface area contributed by atoms with E-state index in [1.165, 1.54) is 30.5 Å². The summed E-state index contributed by atoms with van der Waals surface area (Å²) in [5.41, 5.74) is 5.14. The van der Waals surface area contributed by atoms with Crippen LogP contribution in [0.15, 0.2) is 108 Å². The molecule has 0 aliphatic rings. The van der Waals surface area contributed by atoms with Crippen LogP contribution >= 0.6 is 0 Å². The summed E-state index contributed by atoms with van der Waals surface area (Å²) in [5, 5.41) is 14.6. The van der Waals surface area contributed by atoms with Crippen LogP contribution in [0.4, 0.5) is 5.69 Å². The van der Waals surface area contributed by atoms with Gasteiger partial charge in [-0.1, -0.05) is 54.6 Å². The van der Waals surface area contributed by atoms with E-state index in [0.717, 1.165) is 11.1 Å². The van der Waals surface area contributed by atoms with E-state index in [0.29, 0.717) is 11.3 Å². The summed E-state index contributed by atoms with van der Waals surface area (Å²) in [6, 6.07) is 28.9. The van der Waals surface area contributed by atoms with Crippen LogP contribution in [-0.4, -0.2) is 29.6 Å². The van der Waals surface area contributed by atoms with Crippen LogP contribution < -0.4 is 14.9 Å². The lowest BCUT2D eigenvalue weighted by Crippen LogP contribution is -2.24. The molecule has 4 rings (SSSR count). The number of nitro groups is 1. The highest BCUT2D eigenvalue weighted by Gasteiger charge is 2.12. The zero-order chi connectivity index (χ0) is 26.0. The fourth-order valence-electron chi connectivity index (χ4n) is 3.28. The molecular formula is C28H21N3O6. The second-order valence-electron chi connectivity index (χ2n) is 7.74. The number of hydrogen-bond acceptors (Lipinski definition) is 7. The van der Waals surface area contributed by atoms with Crippen LogP contribution in [0.1, 0.15) is 15.9 Å². The van der Waals surface area contributed by atoms with Crippen molar-refractivity contribution in [3.8, 4) is 22.6 Å².